The van der Waals surface area contributed by atoms with Crippen molar-refractivity contribution in [1.82, 2.24) is 9.55 Å². The van der Waals surface area contributed by atoms with E-state index in [0.717, 1.165) is 29.8 Å². The van der Waals surface area contributed by atoms with Gasteiger partial charge in [-0.15, -0.1) is 0 Å². The standard InChI is InChI=1S/C16H20N2O2/c1-2-14-17-13-9-5-8-12(16(19)20)15(13)18(14)10-11-6-3-4-7-11/h5,8-9,11H,2-4,6-7,10H2,1H3,(H,19,20). The van der Waals surface area contributed by atoms with Crippen molar-refractivity contribution in [3.05, 3.63) is 29.6 Å². The van der Waals surface area contributed by atoms with Crippen LogP contribution in [0.4, 0.5) is 0 Å². The number of carbonyl (C=O) groups is 1. The lowest BCUT2D eigenvalue weighted by Crippen LogP contribution is -2.12. The van der Waals surface area contributed by atoms with Crippen LogP contribution >= 0.6 is 0 Å². The summed E-state index contributed by atoms with van der Waals surface area (Å²) in [6.07, 6.45) is 5.92. The number of aryl methyl sites for hydroxylation is 1. The van der Waals surface area contributed by atoms with E-state index >= 15 is 0 Å². The minimum absolute atomic E-state index is 0.368. The number of fused-ring (bicyclic) bond motifs is 1. The fourth-order valence-electron chi connectivity index (χ4n) is 3.32. The molecule has 1 aromatic carbocycles. The lowest BCUT2D eigenvalue weighted by atomic mass is 10.1. The first-order chi connectivity index (χ1) is 9.70. The molecule has 2 aromatic rings. The van der Waals surface area contributed by atoms with Crippen molar-refractivity contribution in [2.24, 2.45) is 5.92 Å². The van der Waals surface area contributed by atoms with Gasteiger partial charge in [-0.05, 0) is 30.9 Å². The van der Waals surface area contributed by atoms with Crippen LogP contribution in [0, 0.1) is 5.92 Å². The third-order valence-corrected chi connectivity index (χ3v) is 4.31. The van der Waals surface area contributed by atoms with E-state index in [0.29, 0.717) is 11.5 Å². The predicted octanol–water partition coefficient (Wildman–Crippen LogP) is 3.49. The van der Waals surface area contributed by atoms with Crippen LogP contribution < -0.4 is 0 Å². The number of aromatic carboxylic acids is 1. The molecule has 1 N–H and O–H groups in total. The topological polar surface area (TPSA) is 55.1 Å². The summed E-state index contributed by atoms with van der Waals surface area (Å²) in [6.45, 7) is 2.98. The fraction of sp³-hybridized carbons (Fsp3) is 0.500. The summed E-state index contributed by atoms with van der Waals surface area (Å²) < 4.78 is 2.15. The lowest BCUT2D eigenvalue weighted by Gasteiger charge is -2.14. The number of rotatable bonds is 4. The quantitative estimate of drug-likeness (QED) is 0.927. The van der Waals surface area contributed by atoms with E-state index in [1.54, 1.807) is 12.1 Å². The molecule has 1 aromatic heterocycles. The Morgan fingerprint density at radius 2 is 2.15 bits per heavy atom. The molecule has 1 fully saturated rings. The van der Waals surface area contributed by atoms with Gasteiger partial charge in [0.25, 0.3) is 0 Å². The molecule has 1 saturated carbocycles. The van der Waals surface area contributed by atoms with Crippen molar-refractivity contribution in [2.45, 2.75) is 45.6 Å². The number of hydrogen-bond donors (Lipinski definition) is 1. The maximum atomic E-state index is 11.5. The second kappa shape index (κ2) is 5.27. The van der Waals surface area contributed by atoms with Gasteiger partial charge < -0.3 is 9.67 Å². The van der Waals surface area contributed by atoms with Crippen molar-refractivity contribution in [3.63, 3.8) is 0 Å². The largest absolute Gasteiger partial charge is 0.478 e. The number of para-hydroxylation sites is 1. The summed E-state index contributed by atoms with van der Waals surface area (Å²) >= 11 is 0. The molecule has 0 bridgehead atoms. The van der Waals surface area contributed by atoms with E-state index in [-0.39, 0.29) is 0 Å². The Morgan fingerprint density at radius 1 is 1.40 bits per heavy atom. The van der Waals surface area contributed by atoms with Crippen molar-refractivity contribution < 1.29 is 9.90 Å². The van der Waals surface area contributed by atoms with Crippen LogP contribution in [0.1, 0.15) is 48.8 Å². The molecule has 1 aliphatic carbocycles. The Hall–Kier alpha value is -1.84. The molecule has 3 rings (SSSR count). The molecule has 1 aliphatic rings. The summed E-state index contributed by atoms with van der Waals surface area (Å²) in [5.74, 6) is 0.797. The number of hydrogen-bond acceptors (Lipinski definition) is 2. The van der Waals surface area contributed by atoms with Crippen LogP contribution in [0.15, 0.2) is 18.2 Å². The molecule has 0 unspecified atom stereocenters. The van der Waals surface area contributed by atoms with Crippen LogP contribution in [0.5, 0.6) is 0 Å². The van der Waals surface area contributed by atoms with E-state index in [9.17, 15) is 9.90 Å². The van der Waals surface area contributed by atoms with Gasteiger partial charge in [0, 0.05) is 13.0 Å². The average molecular weight is 272 g/mol. The minimum Gasteiger partial charge on any atom is -0.478 e. The highest BCUT2D eigenvalue weighted by Gasteiger charge is 2.21. The molecule has 4 nitrogen and oxygen atoms in total. The first-order valence-corrected chi connectivity index (χ1v) is 7.42. The van der Waals surface area contributed by atoms with Gasteiger partial charge >= 0.3 is 5.97 Å². The van der Waals surface area contributed by atoms with Gasteiger partial charge in [0.05, 0.1) is 16.6 Å². The van der Waals surface area contributed by atoms with Gasteiger partial charge in [-0.1, -0.05) is 25.8 Å². The summed E-state index contributed by atoms with van der Waals surface area (Å²) in [7, 11) is 0. The third kappa shape index (κ3) is 2.19. The summed E-state index contributed by atoms with van der Waals surface area (Å²) in [5.41, 5.74) is 1.97. The number of aromatic nitrogens is 2. The number of carboxylic acid groups (broad SMARTS) is 1. The Morgan fingerprint density at radius 3 is 2.80 bits per heavy atom. The molecule has 1 heterocycles. The van der Waals surface area contributed by atoms with Gasteiger partial charge in [-0.25, -0.2) is 9.78 Å². The smallest absolute Gasteiger partial charge is 0.337 e. The van der Waals surface area contributed by atoms with E-state index in [1.807, 2.05) is 6.07 Å². The van der Waals surface area contributed by atoms with E-state index in [1.165, 1.54) is 25.7 Å². The SMILES string of the molecule is CCc1nc2cccc(C(=O)O)c2n1CC1CCCC1. The zero-order chi connectivity index (χ0) is 14.1. The van der Waals surface area contributed by atoms with E-state index in [4.69, 9.17) is 0 Å². The predicted molar refractivity (Wildman–Crippen MR) is 78.0 cm³/mol. The molecule has 0 atom stereocenters. The number of benzene rings is 1. The number of imidazole rings is 1. The molecular formula is C16H20N2O2. The Labute approximate surface area is 118 Å². The van der Waals surface area contributed by atoms with E-state index in [2.05, 4.69) is 16.5 Å². The normalized spacial score (nSPS) is 16.1. The van der Waals surface area contributed by atoms with Crippen LogP contribution in [0.25, 0.3) is 11.0 Å². The van der Waals surface area contributed by atoms with E-state index < -0.39 is 5.97 Å². The van der Waals surface area contributed by atoms with Crippen molar-refractivity contribution in [3.8, 4) is 0 Å². The average Bonchev–Trinajstić information content (AvgIpc) is 3.06. The first-order valence-electron chi connectivity index (χ1n) is 7.42. The molecule has 0 spiro atoms. The van der Waals surface area contributed by atoms with Crippen molar-refractivity contribution >= 4 is 17.0 Å². The van der Waals surface area contributed by atoms with Crippen LogP contribution in [-0.2, 0) is 13.0 Å². The molecular weight excluding hydrogens is 252 g/mol. The zero-order valence-electron chi connectivity index (χ0n) is 11.8. The highest BCUT2D eigenvalue weighted by molar-refractivity contribution is 6.01. The highest BCUT2D eigenvalue weighted by Crippen LogP contribution is 2.29. The fourth-order valence-corrected chi connectivity index (χ4v) is 3.32. The Balaban J connectivity index is 2.13. The minimum atomic E-state index is -0.870. The number of carboxylic acids is 1. The van der Waals surface area contributed by atoms with Crippen molar-refractivity contribution in [1.29, 1.82) is 0 Å². The van der Waals surface area contributed by atoms with Gasteiger partial charge in [0.2, 0.25) is 0 Å². The van der Waals surface area contributed by atoms with Gasteiger partial charge in [0.15, 0.2) is 0 Å². The summed E-state index contributed by atoms with van der Waals surface area (Å²) in [4.78, 5) is 16.1. The molecule has 20 heavy (non-hydrogen) atoms. The summed E-state index contributed by atoms with van der Waals surface area (Å²) in [5, 5.41) is 9.41. The maximum Gasteiger partial charge on any atom is 0.337 e. The second-order valence-electron chi connectivity index (χ2n) is 5.62. The molecule has 0 amide bonds. The van der Waals surface area contributed by atoms with Crippen LogP contribution in [0.2, 0.25) is 0 Å². The summed E-state index contributed by atoms with van der Waals surface area (Å²) in [6, 6.07) is 5.36. The monoisotopic (exact) mass is 272 g/mol. The van der Waals surface area contributed by atoms with Gasteiger partial charge in [-0.2, -0.15) is 0 Å². The Kier molecular flexibility index (Phi) is 3.47. The second-order valence-corrected chi connectivity index (χ2v) is 5.62. The molecule has 0 radical (unpaired) electrons. The highest BCUT2D eigenvalue weighted by atomic mass is 16.4. The molecule has 0 aliphatic heterocycles. The molecule has 0 saturated heterocycles. The van der Waals surface area contributed by atoms with Gasteiger partial charge in [-0.3, -0.25) is 0 Å². The van der Waals surface area contributed by atoms with Crippen LogP contribution in [-0.4, -0.2) is 20.6 Å². The molecule has 4 heteroatoms. The van der Waals surface area contributed by atoms with Crippen LogP contribution in [0.3, 0.4) is 0 Å². The zero-order valence-corrected chi connectivity index (χ0v) is 11.8. The lowest BCUT2D eigenvalue weighted by molar-refractivity contribution is 0.0698. The van der Waals surface area contributed by atoms with Gasteiger partial charge in [0.1, 0.15) is 5.82 Å². The maximum absolute atomic E-state index is 11.5. The Bertz CT molecular complexity index is 639. The molecule has 106 valence electrons. The number of nitrogens with zero attached hydrogens (tertiary/aromatic N) is 2. The first kappa shape index (κ1) is 13.2. The van der Waals surface area contributed by atoms with Crippen molar-refractivity contribution in [2.75, 3.05) is 0 Å². The third-order valence-electron chi connectivity index (χ3n) is 4.31.